The van der Waals surface area contributed by atoms with E-state index >= 15 is 0 Å². The van der Waals surface area contributed by atoms with E-state index < -0.39 is 23.8 Å². The lowest BCUT2D eigenvalue weighted by Gasteiger charge is -2.07. The molecule has 8 nitrogen and oxygen atoms in total. The monoisotopic (exact) mass is 329 g/mol. The molecule has 0 fully saturated rings. The van der Waals surface area contributed by atoms with Gasteiger partial charge in [0.05, 0.1) is 16.7 Å². The number of hydrogen-bond donors (Lipinski definition) is 4. The van der Waals surface area contributed by atoms with Gasteiger partial charge in [-0.05, 0) is 42.5 Å². The van der Waals surface area contributed by atoms with Gasteiger partial charge in [0, 0.05) is 11.3 Å². The number of aromatic carboxylic acids is 3. The second-order valence-electron chi connectivity index (χ2n) is 4.75. The highest BCUT2D eigenvalue weighted by atomic mass is 16.4. The molecule has 4 N–H and O–H groups in total. The third-order valence-electron chi connectivity index (χ3n) is 3.08. The number of carboxylic acids is 3. The Labute approximate surface area is 135 Å². The largest absolute Gasteiger partial charge is 0.478 e. The van der Waals surface area contributed by atoms with Gasteiger partial charge in [-0.25, -0.2) is 14.4 Å². The fraction of sp³-hybridized carbons (Fsp3) is 0. The minimum absolute atomic E-state index is 0.0361. The van der Waals surface area contributed by atoms with E-state index in [1.165, 1.54) is 24.3 Å². The van der Waals surface area contributed by atoms with Crippen LogP contribution in [0.15, 0.2) is 42.5 Å². The molecule has 1 amide bonds. The summed E-state index contributed by atoms with van der Waals surface area (Å²) in [7, 11) is 0. The summed E-state index contributed by atoms with van der Waals surface area (Å²) in [5.41, 5.74) is -0.492. The number of amides is 1. The molecule has 2 aromatic rings. The van der Waals surface area contributed by atoms with E-state index in [1.807, 2.05) is 0 Å². The Hall–Kier alpha value is -3.68. The van der Waals surface area contributed by atoms with Gasteiger partial charge in [-0.1, -0.05) is 0 Å². The number of hydrogen-bond acceptors (Lipinski definition) is 4. The maximum Gasteiger partial charge on any atom is 0.335 e. The van der Waals surface area contributed by atoms with Crippen LogP contribution in [-0.4, -0.2) is 39.1 Å². The van der Waals surface area contributed by atoms with Crippen LogP contribution >= 0.6 is 0 Å². The highest BCUT2D eigenvalue weighted by molar-refractivity contribution is 6.07. The summed E-state index contributed by atoms with van der Waals surface area (Å²) >= 11 is 0. The Morgan fingerprint density at radius 2 is 1.04 bits per heavy atom. The molecule has 2 rings (SSSR count). The first-order valence-corrected chi connectivity index (χ1v) is 6.54. The molecule has 24 heavy (non-hydrogen) atoms. The van der Waals surface area contributed by atoms with E-state index in [2.05, 4.69) is 5.32 Å². The van der Waals surface area contributed by atoms with E-state index in [9.17, 15) is 19.2 Å². The average Bonchev–Trinajstić information content (AvgIpc) is 2.54. The Morgan fingerprint density at radius 1 is 0.625 bits per heavy atom. The predicted molar refractivity (Wildman–Crippen MR) is 81.7 cm³/mol. The van der Waals surface area contributed by atoms with E-state index in [1.54, 1.807) is 0 Å². The van der Waals surface area contributed by atoms with Crippen LogP contribution in [0.4, 0.5) is 5.69 Å². The Balaban J connectivity index is 2.30. The van der Waals surface area contributed by atoms with Crippen LogP contribution in [0.3, 0.4) is 0 Å². The smallest absolute Gasteiger partial charge is 0.335 e. The second-order valence-corrected chi connectivity index (χ2v) is 4.75. The molecule has 0 radical (unpaired) electrons. The van der Waals surface area contributed by atoms with Crippen molar-refractivity contribution in [3.63, 3.8) is 0 Å². The lowest BCUT2D eigenvalue weighted by molar-refractivity contribution is 0.0682. The predicted octanol–water partition coefficient (Wildman–Crippen LogP) is 2.03. The molecular formula is C16H11NO7. The van der Waals surface area contributed by atoms with Crippen LogP contribution in [0.25, 0.3) is 0 Å². The number of nitrogens with one attached hydrogen (secondary N) is 1. The van der Waals surface area contributed by atoms with Gasteiger partial charge in [0.15, 0.2) is 0 Å². The molecule has 0 aromatic heterocycles. The molecule has 2 aromatic carbocycles. The molecule has 0 heterocycles. The molecule has 0 aliphatic carbocycles. The summed E-state index contributed by atoms with van der Waals surface area (Å²) in [6.07, 6.45) is 0. The van der Waals surface area contributed by atoms with Gasteiger partial charge in [-0.3, -0.25) is 4.79 Å². The second kappa shape index (κ2) is 6.61. The number of carboxylic acid groups (broad SMARTS) is 3. The minimum Gasteiger partial charge on any atom is -0.478 e. The van der Waals surface area contributed by atoms with Crippen molar-refractivity contribution in [1.82, 2.24) is 0 Å². The molecular weight excluding hydrogens is 318 g/mol. The fourth-order valence-corrected chi connectivity index (χ4v) is 1.91. The summed E-state index contributed by atoms with van der Waals surface area (Å²) in [6.45, 7) is 0. The highest BCUT2D eigenvalue weighted by Gasteiger charge is 2.15. The van der Waals surface area contributed by atoms with Gasteiger partial charge >= 0.3 is 17.9 Å². The van der Waals surface area contributed by atoms with Crippen molar-refractivity contribution in [2.24, 2.45) is 0 Å². The first-order chi connectivity index (χ1) is 11.3. The van der Waals surface area contributed by atoms with Crippen LogP contribution < -0.4 is 5.32 Å². The Morgan fingerprint density at radius 3 is 1.46 bits per heavy atom. The lowest BCUT2D eigenvalue weighted by Crippen LogP contribution is -2.14. The van der Waals surface area contributed by atoms with Crippen molar-refractivity contribution in [3.8, 4) is 0 Å². The fourth-order valence-electron chi connectivity index (χ4n) is 1.91. The maximum absolute atomic E-state index is 12.2. The summed E-state index contributed by atoms with van der Waals surface area (Å²) < 4.78 is 0. The van der Waals surface area contributed by atoms with E-state index in [0.717, 1.165) is 18.2 Å². The molecule has 0 spiro atoms. The number of rotatable bonds is 5. The normalized spacial score (nSPS) is 10.0. The van der Waals surface area contributed by atoms with Crippen LogP contribution in [-0.2, 0) is 0 Å². The lowest BCUT2D eigenvalue weighted by atomic mass is 10.0. The van der Waals surface area contributed by atoms with E-state index in [0.29, 0.717) is 0 Å². The number of carbonyl (C=O) groups excluding carboxylic acids is 1. The van der Waals surface area contributed by atoms with Crippen LogP contribution in [0, 0.1) is 0 Å². The van der Waals surface area contributed by atoms with Gasteiger partial charge in [-0.2, -0.15) is 0 Å². The zero-order valence-electron chi connectivity index (χ0n) is 12.0. The zero-order valence-corrected chi connectivity index (χ0v) is 12.0. The van der Waals surface area contributed by atoms with Crippen molar-refractivity contribution in [2.45, 2.75) is 0 Å². The standard InChI is InChI=1S/C16H11NO7/c18-13(17-12-3-1-8(2-4-12)14(19)20)9-5-10(15(21)22)7-11(6-9)16(23)24/h1-7H,(H,17,18)(H,19,20)(H,21,22)(H,23,24). The number of benzene rings is 2. The van der Waals surface area contributed by atoms with Gasteiger partial charge in [0.2, 0.25) is 0 Å². The van der Waals surface area contributed by atoms with Crippen LogP contribution in [0.5, 0.6) is 0 Å². The molecule has 0 saturated heterocycles. The first kappa shape index (κ1) is 16.7. The van der Waals surface area contributed by atoms with Gasteiger partial charge in [-0.15, -0.1) is 0 Å². The summed E-state index contributed by atoms with van der Waals surface area (Å²) in [5.74, 6) is -4.56. The molecule has 0 saturated carbocycles. The molecule has 0 aliphatic rings. The minimum atomic E-state index is -1.36. The average molecular weight is 329 g/mol. The van der Waals surface area contributed by atoms with Crippen molar-refractivity contribution < 1.29 is 34.5 Å². The van der Waals surface area contributed by atoms with Gasteiger partial charge < -0.3 is 20.6 Å². The number of anilines is 1. The van der Waals surface area contributed by atoms with Crippen molar-refractivity contribution in [2.75, 3.05) is 5.32 Å². The summed E-state index contributed by atoms with van der Waals surface area (Å²) in [5, 5.41) is 29.2. The highest BCUT2D eigenvalue weighted by Crippen LogP contribution is 2.15. The Kier molecular flexibility index (Phi) is 4.60. The van der Waals surface area contributed by atoms with Crippen molar-refractivity contribution in [3.05, 3.63) is 64.7 Å². The van der Waals surface area contributed by atoms with E-state index in [4.69, 9.17) is 15.3 Å². The SMILES string of the molecule is O=C(O)c1ccc(NC(=O)c2cc(C(=O)O)cc(C(=O)O)c2)cc1. The first-order valence-electron chi connectivity index (χ1n) is 6.54. The van der Waals surface area contributed by atoms with E-state index in [-0.39, 0.29) is 27.9 Å². The quantitative estimate of drug-likeness (QED) is 0.657. The molecule has 0 aliphatic heterocycles. The van der Waals surface area contributed by atoms with Crippen molar-refractivity contribution in [1.29, 1.82) is 0 Å². The third kappa shape index (κ3) is 3.74. The molecule has 0 atom stereocenters. The van der Waals surface area contributed by atoms with Crippen LogP contribution in [0.1, 0.15) is 41.4 Å². The van der Waals surface area contributed by atoms with Gasteiger partial charge in [0.1, 0.15) is 0 Å². The van der Waals surface area contributed by atoms with Crippen molar-refractivity contribution >= 4 is 29.5 Å². The third-order valence-corrected chi connectivity index (χ3v) is 3.08. The summed E-state index contributed by atoms with van der Waals surface area (Å²) in [6, 6.07) is 8.35. The topological polar surface area (TPSA) is 141 Å². The summed E-state index contributed by atoms with van der Waals surface area (Å²) in [4.78, 5) is 45.0. The molecule has 0 bridgehead atoms. The number of carbonyl (C=O) groups is 4. The molecule has 8 heteroatoms. The molecule has 0 unspecified atom stereocenters. The molecule has 122 valence electrons. The zero-order chi connectivity index (χ0) is 17.9. The van der Waals surface area contributed by atoms with Gasteiger partial charge in [0.25, 0.3) is 5.91 Å². The maximum atomic E-state index is 12.2. The Bertz CT molecular complexity index is 808. The van der Waals surface area contributed by atoms with Crippen LogP contribution in [0.2, 0.25) is 0 Å².